The number of aromatic nitrogens is 1. The van der Waals surface area contributed by atoms with Crippen LogP contribution >= 0.6 is 0 Å². The molecular formula is C15H13F2N3O. The maximum Gasteiger partial charge on any atom is 0.167 e. The van der Waals surface area contributed by atoms with E-state index in [-0.39, 0.29) is 18.4 Å². The number of nitrogens with zero attached hydrogens (tertiary/aromatic N) is 2. The monoisotopic (exact) mass is 289 g/mol. The lowest BCUT2D eigenvalue weighted by Gasteiger charge is -2.15. The lowest BCUT2D eigenvalue weighted by atomic mass is 10.3. The van der Waals surface area contributed by atoms with E-state index in [2.05, 4.69) is 10.3 Å². The number of pyridine rings is 1. The third kappa shape index (κ3) is 4.14. The van der Waals surface area contributed by atoms with Crippen LogP contribution in [0.4, 0.5) is 14.6 Å². The molecule has 1 heterocycles. The van der Waals surface area contributed by atoms with Crippen molar-refractivity contribution < 1.29 is 13.5 Å². The molecule has 1 aromatic heterocycles. The van der Waals surface area contributed by atoms with Crippen molar-refractivity contribution in [2.24, 2.45) is 0 Å². The first-order chi connectivity index (χ1) is 10.1. The number of nitriles is 1. The van der Waals surface area contributed by atoms with Gasteiger partial charge in [-0.25, -0.2) is 13.8 Å². The fourth-order valence-corrected chi connectivity index (χ4v) is 1.65. The summed E-state index contributed by atoms with van der Waals surface area (Å²) in [5.74, 6) is -0.797. The van der Waals surface area contributed by atoms with Gasteiger partial charge in [0.1, 0.15) is 24.3 Å². The number of ether oxygens (including phenoxy) is 1. The van der Waals surface area contributed by atoms with Gasteiger partial charge in [0.05, 0.1) is 11.6 Å². The number of halogens is 2. The minimum Gasteiger partial charge on any atom is -0.488 e. The summed E-state index contributed by atoms with van der Waals surface area (Å²) >= 11 is 0. The molecule has 1 atom stereocenters. The minimum absolute atomic E-state index is 0.00200. The van der Waals surface area contributed by atoms with Gasteiger partial charge in [-0.15, -0.1) is 0 Å². The second-order valence-electron chi connectivity index (χ2n) is 4.48. The summed E-state index contributed by atoms with van der Waals surface area (Å²) in [6.07, 6.45) is 1.45. The summed E-state index contributed by atoms with van der Waals surface area (Å²) in [5.41, 5.74) is 0.470. The minimum atomic E-state index is -0.737. The molecule has 1 N–H and O–H groups in total. The average Bonchev–Trinajstić information content (AvgIpc) is 2.47. The van der Waals surface area contributed by atoms with Gasteiger partial charge in [0.25, 0.3) is 0 Å². The summed E-state index contributed by atoms with van der Waals surface area (Å²) in [6.45, 7) is 2.02. The predicted octanol–water partition coefficient (Wildman–Crippen LogP) is 3.11. The Balaban J connectivity index is 1.89. The van der Waals surface area contributed by atoms with Crippen molar-refractivity contribution in [3.63, 3.8) is 0 Å². The molecule has 0 aliphatic rings. The van der Waals surface area contributed by atoms with Crippen LogP contribution in [0.3, 0.4) is 0 Å². The molecule has 0 spiro atoms. The van der Waals surface area contributed by atoms with E-state index in [0.717, 1.165) is 12.1 Å². The van der Waals surface area contributed by atoms with Gasteiger partial charge in [0.15, 0.2) is 11.6 Å². The first-order valence-electron chi connectivity index (χ1n) is 6.29. The molecule has 2 rings (SSSR count). The van der Waals surface area contributed by atoms with Crippen molar-refractivity contribution in [3.8, 4) is 11.8 Å². The summed E-state index contributed by atoms with van der Waals surface area (Å²) in [7, 11) is 0. The van der Waals surface area contributed by atoms with E-state index in [1.54, 1.807) is 12.1 Å². The molecule has 2 aromatic rings. The Labute approximate surface area is 121 Å². The Morgan fingerprint density at radius 2 is 2.14 bits per heavy atom. The number of hydrogen-bond donors (Lipinski definition) is 1. The molecule has 1 aromatic carbocycles. The highest BCUT2D eigenvalue weighted by Crippen LogP contribution is 2.18. The zero-order valence-corrected chi connectivity index (χ0v) is 11.3. The van der Waals surface area contributed by atoms with E-state index in [0.29, 0.717) is 11.4 Å². The predicted molar refractivity (Wildman–Crippen MR) is 73.9 cm³/mol. The standard InChI is InChI=1S/C15H13F2N3O/c1-10(20-15-5-2-11(7-18)8-19-15)9-21-14-4-3-12(16)6-13(14)17/h2-6,8,10H,9H2,1H3,(H,19,20). The zero-order chi connectivity index (χ0) is 15.2. The van der Waals surface area contributed by atoms with Crippen molar-refractivity contribution in [1.82, 2.24) is 4.98 Å². The molecule has 0 saturated carbocycles. The summed E-state index contributed by atoms with van der Waals surface area (Å²) in [6, 6.07) is 8.31. The van der Waals surface area contributed by atoms with Crippen molar-refractivity contribution in [2.45, 2.75) is 13.0 Å². The fourth-order valence-electron chi connectivity index (χ4n) is 1.65. The smallest absolute Gasteiger partial charge is 0.167 e. The van der Waals surface area contributed by atoms with Crippen molar-refractivity contribution in [2.75, 3.05) is 11.9 Å². The van der Waals surface area contributed by atoms with E-state index >= 15 is 0 Å². The van der Waals surface area contributed by atoms with Crippen molar-refractivity contribution >= 4 is 5.82 Å². The SMILES string of the molecule is CC(COc1ccc(F)cc1F)Nc1ccc(C#N)cn1. The molecule has 0 saturated heterocycles. The maximum atomic E-state index is 13.4. The second-order valence-corrected chi connectivity index (χ2v) is 4.48. The van der Waals surface area contributed by atoms with Gasteiger partial charge in [0, 0.05) is 12.3 Å². The normalized spacial score (nSPS) is 11.5. The number of anilines is 1. The van der Waals surface area contributed by atoms with E-state index in [4.69, 9.17) is 10.00 Å². The highest BCUT2D eigenvalue weighted by atomic mass is 19.1. The van der Waals surface area contributed by atoms with Crippen LogP contribution in [0.25, 0.3) is 0 Å². The molecule has 0 amide bonds. The van der Waals surface area contributed by atoms with Crippen LogP contribution in [0, 0.1) is 23.0 Å². The number of nitrogens with one attached hydrogen (secondary N) is 1. The third-order valence-electron chi connectivity index (χ3n) is 2.67. The first-order valence-corrected chi connectivity index (χ1v) is 6.29. The van der Waals surface area contributed by atoms with Crippen LogP contribution in [0.1, 0.15) is 12.5 Å². The molecule has 21 heavy (non-hydrogen) atoms. The van der Waals surface area contributed by atoms with Gasteiger partial charge in [-0.3, -0.25) is 0 Å². The van der Waals surface area contributed by atoms with Crippen LogP contribution in [0.15, 0.2) is 36.5 Å². The molecule has 0 bridgehead atoms. The van der Waals surface area contributed by atoms with Gasteiger partial charge < -0.3 is 10.1 Å². The van der Waals surface area contributed by atoms with Crippen LogP contribution in [0.5, 0.6) is 5.75 Å². The van der Waals surface area contributed by atoms with Gasteiger partial charge in [-0.1, -0.05) is 0 Å². The largest absolute Gasteiger partial charge is 0.488 e. The van der Waals surface area contributed by atoms with Crippen LogP contribution in [-0.2, 0) is 0 Å². The van der Waals surface area contributed by atoms with Crippen LogP contribution < -0.4 is 10.1 Å². The van der Waals surface area contributed by atoms with Gasteiger partial charge in [-0.05, 0) is 31.2 Å². The molecule has 6 heteroatoms. The Morgan fingerprint density at radius 3 is 2.76 bits per heavy atom. The summed E-state index contributed by atoms with van der Waals surface area (Å²) in [4.78, 5) is 4.06. The zero-order valence-electron chi connectivity index (χ0n) is 11.3. The van der Waals surface area contributed by atoms with Gasteiger partial charge >= 0.3 is 0 Å². The quantitative estimate of drug-likeness (QED) is 0.918. The molecule has 0 aliphatic carbocycles. The van der Waals surface area contributed by atoms with E-state index in [9.17, 15) is 8.78 Å². The summed E-state index contributed by atoms with van der Waals surface area (Å²) in [5, 5.41) is 11.7. The summed E-state index contributed by atoms with van der Waals surface area (Å²) < 4.78 is 31.4. The van der Waals surface area contributed by atoms with Gasteiger partial charge in [-0.2, -0.15) is 5.26 Å². The molecule has 0 fully saturated rings. The van der Waals surface area contributed by atoms with Crippen molar-refractivity contribution in [1.29, 1.82) is 5.26 Å². The number of rotatable bonds is 5. The number of benzene rings is 1. The number of hydrogen-bond acceptors (Lipinski definition) is 4. The van der Waals surface area contributed by atoms with E-state index < -0.39 is 11.6 Å². The second kappa shape index (κ2) is 6.66. The van der Waals surface area contributed by atoms with Crippen LogP contribution in [0.2, 0.25) is 0 Å². The molecule has 0 aliphatic heterocycles. The lowest BCUT2D eigenvalue weighted by molar-refractivity contribution is 0.288. The average molecular weight is 289 g/mol. The van der Waals surface area contributed by atoms with Crippen LogP contribution in [-0.4, -0.2) is 17.6 Å². The Bertz CT molecular complexity index is 653. The molecule has 4 nitrogen and oxygen atoms in total. The highest BCUT2D eigenvalue weighted by molar-refractivity contribution is 5.39. The fraction of sp³-hybridized carbons (Fsp3) is 0.200. The molecule has 108 valence electrons. The highest BCUT2D eigenvalue weighted by Gasteiger charge is 2.08. The topological polar surface area (TPSA) is 57.9 Å². The van der Waals surface area contributed by atoms with E-state index in [1.165, 1.54) is 12.3 Å². The van der Waals surface area contributed by atoms with Crippen molar-refractivity contribution in [3.05, 3.63) is 53.7 Å². The Kier molecular flexibility index (Phi) is 4.67. The lowest BCUT2D eigenvalue weighted by Crippen LogP contribution is -2.24. The Morgan fingerprint density at radius 1 is 1.33 bits per heavy atom. The first kappa shape index (κ1) is 14.7. The maximum absolute atomic E-state index is 13.4. The van der Waals surface area contributed by atoms with Gasteiger partial charge in [0.2, 0.25) is 0 Å². The molecule has 0 radical (unpaired) electrons. The molecular weight excluding hydrogens is 276 g/mol. The Hall–Kier alpha value is -2.68. The third-order valence-corrected chi connectivity index (χ3v) is 2.67. The molecule has 1 unspecified atom stereocenters. The van der Waals surface area contributed by atoms with E-state index in [1.807, 2.05) is 13.0 Å².